The third-order valence-corrected chi connectivity index (χ3v) is 4.61. The Kier molecular flexibility index (Phi) is 4.67. The molecule has 2 aromatic heterocycles. The maximum absolute atomic E-state index is 12.7. The molecule has 1 fully saturated rings. The molecule has 0 bridgehead atoms. The average Bonchev–Trinajstić information content (AvgIpc) is 2.69. The fourth-order valence-corrected chi connectivity index (χ4v) is 3.11. The predicted molar refractivity (Wildman–Crippen MR) is 98.3 cm³/mol. The number of likely N-dealkylation sites (tertiary alicyclic amines) is 1. The Labute approximate surface area is 155 Å². The van der Waals surface area contributed by atoms with E-state index >= 15 is 0 Å². The normalized spacial score (nSPS) is 15.2. The highest BCUT2D eigenvalue weighted by Crippen LogP contribution is 2.20. The molecule has 0 saturated carbocycles. The van der Waals surface area contributed by atoms with E-state index in [4.69, 9.17) is 16.3 Å². The van der Waals surface area contributed by atoms with Gasteiger partial charge in [-0.1, -0.05) is 23.7 Å². The smallest absolute Gasteiger partial charge is 0.274 e. The summed E-state index contributed by atoms with van der Waals surface area (Å²) in [6.07, 6.45) is 4.64. The van der Waals surface area contributed by atoms with Crippen LogP contribution in [-0.2, 0) is 0 Å². The van der Waals surface area contributed by atoms with Crippen molar-refractivity contribution in [2.75, 3.05) is 13.1 Å². The second kappa shape index (κ2) is 7.25. The number of nitrogens with zero attached hydrogens (tertiary/aromatic N) is 4. The number of piperidine rings is 1. The average molecular weight is 369 g/mol. The van der Waals surface area contributed by atoms with Gasteiger partial charge in [0.25, 0.3) is 5.91 Å². The lowest BCUT2D eigenvalue weighted by atomic mass is 10.1. The van der Waals surface area contributed by atoms with Gasteiger partial charge in [0.15, 0.2) is 0 Å². The molecule has 1 aliphatic heterocycles. The van der Waals surface area contributed by atoms with Crippen LogP contribution in [0, 0.1) is 0 Å². The summed E-state index contributed by atoms with van der Waals surface area (Å²) in [4.78, 5) is 27.4. The fourth-order valence-electron chi connectivity index (χ4n) is 3.00. The standard InChI is InChI=1S/C19H17ClN4O2/c20-13-5-6-18(22-11-13)26-14-7-9-24(10-8-14)19(25)17-12-21-15-3-1-2-4-16(15)23-17/h1-6,11-12,14H,7-10H2. The third kappa shape index (κ3) is 3.60. The number of ether oxygens (including phenoxy) is 1. The van der Waals surface area contributed by atoms with Crippen LogP contribution in [0.4, 0.5) is 0 Å². The molecule has 0 N–H and O–H groups in total. The highest BCUT2D eigenvalue weighted by molar-refractivity contribution is 6.30. The van der Waals surface area contributed by atoms with Crippen molar-refractivity contribution < 1.29 is 9.53 Å². The summed E-state index contributed by atoms with van der Waals surface area (Å²) in [5, 5.41) is 0.578. The number of halogens is 1. The van der Waals surface area contributed by atoms with Crippen molar-refractivity contribution in [2.24, 2.45) is 0 Å². The van der Waals surface area contributed by atoms with Crippen LogP contribution in [0.25, 0.3) is 11.0 Å². The van der Waals surface area contributed by atoms with E-state index in [1.807, 2.05) is 24.3 Å². The number of amides is 1. The first-order valence-electron chi connectivity index (χ1n) is 8.48. The number of carbonyl (C=O) groups excluding carboxylic acids is 1. The van der Waals surface area contributed by atoms with E-state index < -0.39 is 0 Å². The number of hydrogen-bond acceptors (Lipinski definition) is 5. The first-order valence-corrected chi connectivity index (χ1v) is 8.86. The summed E-state index contributed by atoms with van der Waals surface area (Å²) in [5.74, 6) is 0.464. The van der Waals surface area contributed by atoms with Crippen LogP contribution in [0.2, 0.25) is 5.02 Å². The van der Waals surface area contributed by atoms with E-state index in [1.54, 1.807) is 29.4 Å². The van der Waals surface area contributed by atoms with Gasteiger partial charge in [-0.2, -0.15) is 0 Å². The summed E-state index contributed by atoms with van der Waals surface area (Å²) in [5.41, 5.74) is 1.89. The van der Waals surface area contributed by atoms with Gasteiger partial charge in [-0.3, -0.25) is 9.78 Å². The molecular formula is C19H17ClN4O2. The topological polar surface area (TPSA) is 68.2 Å². The summed E-state index contributed by atoms with van der Waals surface area (Å²) >= 11 is 5.83. The maximum atomic E-state index is 12.7. The molecule has 0 radical (unpaired) electrons. The molecule has 4 rings (SSSR count). The Morgan fingerprint density at radius 1 is 1.04 bits per heavy atom. The highest BCUT2D eigenvalue weighted by Gasteiger charge is 2.26. The lowest BCUT2D eigenvalue weighted by Gasteiger charge is -2.31. The van der Waals surface area contributed by atoms with Crippen LogP contribution in [0.5, 0.6) is 5.88 Å². The molecule has 0 unspecified atom stereocenters. The molecule has 1 aliphatic rings. The van der Waals surface area contributed by atoms with Crippen LogP contribution < -0.4 is 4.74 Å². The Morgan fingerprint density at radius 2 is 1.81 bits per heavy atom. The Morgan fingerprint density at radius 3 is 2.54 bits per heavy atom. The van der Waals surface area contributed by atoms with Crippen LogP contribution in [-0.4, -0.2) is 45.0 Å². The van der Waals surface area contributed by atoms with Crippen LogP contribution >= 0.6 is 11.6 Å². The van der Waals surface area contributed by atoms with Crippen molar-refractivity contribution in [3.8, 4) is 5.88 Å². The number of aromatic nitrogens is 3. The number of carbonyl (C=O) groups is 1. The number of hydrogen-bond donors (Lipinski definition) is 0. The molecule has 3 aromatic rings. The van der Waals surface area contributed by atoms with Gasteiger partial charge in [-0.25, -0.2) is 9.97 Å². The minimum absolute atomic E-state index is 0.0374. The van der Waals surface area contributed by atoms with Crippen molar-refractivity contribution in [3.63, 3.8) is 0 Å². The van der Waals surface area contributed by atoms with Gasteiger partial charge in [-0.15, -0.1) is 0 Å². The molecule has 6 nitrogen and oxygen atoms in total. The molecule has 7 heteroatoms. The lowest BCUT2D eigenvalue weighted by molar-refractivity contribution is 0.0582. The minimum Gasteiger partial charge on any atom is -0.474 e. The summed E-state index contributed by atoms with van der Waals surface area (Å²) in [6, 6.07) is 11.0. The monoisotopic (exact) mass is 368 g/mol. The van der Waals surface area contributed by atoms with E-state index in [9.17, 15) is 4.79 Å². The molecule has 0 spiro atoms. The molecule has 26 heavy (non-hydrogen) atoms. The quantitative estimate of drug-likeness (QED) is 0.709. The zero-order valence-electron chi connectivity index (χ0n) is 14.0. The zero-order chi connectivity index (χ0) is 17.9. The van der Waals surface area contributed by atoms with Gasteiger partial charge >= 0.3 is 0 Å². The molecule has 0 aliphatic carbocycles. The van der Waals surface area contributed by atoms with Crippen LogP contribution in [0.1, 0.15) is 23.3 Å². The second-order valence-electron chi connectivity index (χ2n) is 6.17. The van der Waals surface area contributed by atoms with Crippen molar-refractivity contribution in [3.05, 3.63) is 59.5 Å². The first kappa shape index (κ1) is 16.7. The van der Waals surface area contributed by atoms with Crippen molar-refractivity contribution in [1.29, 1.82) is 0 Å². The molecule has 1 amide bonds. The van der Waals surface area contributed by atoms with Gasteiger partial charge in [0.05, 0.1) is 22.3 Å². The molecule has 3 heterocycles. The summed E-state index contributed by atoms with van der Waals surface area (Å²) in [7, 11) is 0. The van der Waals surface area contributed by atoms with Crippen LogP contribution in [0.3, 0.4) is 0 Å². The van der Waals surface area contributed by atoms with E-state index in [0.717, 1.165) is 23.9 Å². The van der Waals surface area contributed by atoms with Gasteiger partial charge in [0, 0.05) is 38.2 Å². The summed E-state index contributed by atoms with van der Waals surface area (Å²) < 4.78 is 5.87. The van der Waals surface area contributed by atoms with E-state index in [-0.39, 0.29) is 12.0 Å². The van der Waals surface area contributed by atoms with E-state index in [1.165, 1.54) is 0 Å². The van der Waals surface area contributed by atoms with Gasteiger partial charge in [-0.05, 0) is 18.2 Å². The number of fused-ring (bicyclic) bond motifs is 1. The Hall–Kier alpha value is -2.73. The number of benzene rings is 1. The Bertz CT molecular complexity index is 924. The third-order valence-electron chi connectivity index (χ3n) is 4.38. The Balaban J connectivity index is 1.38. The molecule has 1 saturated heterocycles. The second-order valence-corrected chi connectivity index (χ2v) is 6.60. The molecule has 132 valence electrons. The van der Waals surface area contributed by atoms with Crippen molar-refractivity contribution in [2.45, 2.75) is 18.9 Å². The van der Waals surface area contributed by atoms with Crippen LogP contribution in [0.15, 0.2) is 48.8 Å². The largest absolute Gasteiger partial charge is 0.474 e. The fraction of sp³-hybridized carbons (Fsp3) is 0.263. The number of para-hydroxylation sites is 2. The summed E-state index contributed by atoms with van der Waals surface area (Å²) in [6.45, 7) is 1.23. The maximum Gasteiger partial charge on any atom is 0.274 e. The van der Waals surface area contributed by atoms with E-state index in [2.05, 4.69) is 15.0 Å². The minimum atomic E-state index is -0.0914. The lowest BCUT2D eigenvalue weighted by Crippen LogP contribution is -2.42. The van der Waals surface area contributed by atoms with E-state index in [0.29, 0.717) is 29.7 Å². The van der Waals surface area contributed by atoms with Crippen molar-refractivity contribution in [1.82, 2.24) is 19.9 Å². The van der Waals surface area contributed by atoms with Crippen molar-refractivity contribution >= 4 is 28.5 Å². The molecule has 1 aromatic carbocycles. The SMILES string of the molecule is O=C(c1cnc2ccccc2n1)N1CCC(Oc2ccc(Cl)cn2)CC1. The van der Waals surface area contributed by atoms with Gasteiger partial charge in [0.2, 0.25) is 5.88 Å². The van der Waals surface area contributed by atoms with Gasteiger partial charge in [0.1, 0.15) is 11.8 Å². The number of pyridine rings is 1. The molecular weight excluding hydrogens is 352 g/mol. The molecule has 0 atom stereocenters. The van der Waals surface area contributed by atoms with Gasteiger partial charge < -0.3 is 9.64 Å². The number of rotatable bonds is 3. The predicted octanol–water partition coefficient (Wildman–Crippen LogP) is 3.36. The first-order chi connectivity index (χ1) is 12.7. The zero-order valence-corrected chi connectivity index (χ0v) is 14.8. The highest BCUT2D eigenvalue weighted by atomic mass is 35.5.